The van der Waals surface area contributed by atoms with Gasteiger partial charge in [-0.2, -0.15) is 13.2 Å². The van der Waals surface area contributed by atoms with E-state index >= 15 is 0 Å². The number of nitrogens with zero attached hydrogens (tertiary/aromatic N) is 1. The molecule has 2 rings (SSSR count). The van der Waals surface area contributed by atoms with Crippen LogP contribution in [0.3, 0.4) is 0 Å². The van der Waals surface area contributed by atoms with Crippen LogP contribution in [0.25, 0.3) is 0 Å². The Labute approximate surface area is 141 Å². The van der Waals surface area contributed by atoms with Crippen molar-refractivity contribution >= 4 is 11.9 Å². The molecule has 2 heterocycles. The van der Waals surface area contributed by atoms with Crippen LogP contribution in [0.1, 0.15) is 23.2 Å². The van der Waals surface area contributed by atoms with E-state index in [1.165, 1.54) is 6.07 Å². The number of carbonyl (C=O) groups excluding carboxylic acids is 1. The Kier molecular flexibility index (Phi) is 5.83. The van der Waals surface area contributed by atoms with Crippen molar-refractivity contribution in [3.8, 4) is 5.88 Å². The lowest BCUT2D eigenvalue weighted by Gasteiger charge is -2.33. The maximum absolute atomic E-state index is 12.2. The predicted octanol–water partition coefficient (Wildman–Crippen LogP) is 1.63. The number of pyridine rings is 1. The molecule has 1 amide bonds. The second-order valence-electron chi connectivity index (χ2n) is 5.67. The van der Waals surface area contributed by atoms with Crippen molar-refractivity contribution in [2.45, 2.75) is 19.0 Å². The van der Waals surface area contributed by atoms with Crippen LogP contribution in [-0.4, -0.2) is 54.5 Å². The maximum Gasteiger partial charge on any atom is 0.422 e. The molecule has 138 valence electrons. The van der Waals surface area contributed by atoms with Crippen LogP contribution >= 0.6 is 0 Å². The van der Waals surface area contributed by atoms with Gasteiger partial charge in [0.2, 0.25) is 5.88 Å². The van der Waals surface area contributed by atoms with E-state index in [1.807, 2.05) is 0 Å². The van der Waals surface area contributed by atoms with Crippen LogP contribution in [0.5, 0.6) is 5.88 Å². The van der Waals surface area contributed by atoms with Crippen LogP contribution < -0.4 is 10.1 Å². The summed E-state index contributed by atoms with van der Waals surface area (Å²) in [6, 6.07) is 2.37. The number of aliphatic carboxylic acids is 1. The second kappa shape index (κ2) is 7.68. The van der Waals surface area contributed by atoms with Crippen molar-refractivity contribution in [1.29, 1.82) is 0 Å². The fourth-order valence-electron chi connectivity index (χ4n) is 2.37. The minimum Gasteiger partial charge on any atom is -0.481 e. The fourth-order valence-corrected chi connectivity index (χ4v) is 2.37. The highest BCUT2D eigenvalue weighted by molar-refractivity contribution is 5.94. The summed E-state index contributed by atoms with van der Waals surface area (Å²) in [4.78, 5) is 27.3. The van der Waals surface area contributed by atoms with E-state index in [0.29, 0.717) is 0 Å². The van der Waals surface area contributed by atoms with Crippen molar-refractivity contribution in [2.75, 3.05) is 26.4 Å². The minimum atomic E-state index is -4.52. The molecule has 7 nitrogen and oxygen atoms in total. The molecule has 0 saturated carbocycles. The first-order valence-electron chi connectivity index (χ1n) is 7.47. The number of aromatic nitrogens is 1. The topological polar surface area (TPSA) is 97.8 Å². The summed E-state index contributed by atoms with van der Waals surface area (Å²) in [6.45, 7) is -1.06. The number of hydrogen-bond donors (Lipinski definition) is 2. The van der Waals surface area contributed by atoms with Gasteiger partial charge in [-0.3, -0.25) is 9.59 Å². The van der Waals surface area contributed by atoms with Crippen molar-refractivity contribution in [2.24, 2.45) is 5.41 Å². The van der Waals surface area contributed by atoms with Gasteiger partial charge in [-0.15, -0.1) is 0 Å². The van der Waals surface area contributed by atoms with Gasteiger partial charge >= 0.3 is 12.1 Å². The van der Waals surface area contributed by atoms with Crippen LogP contribution in [0.15, 0.2) is 18.3 Å². The number of hydrogen-bond acceptors (Lipinski definition) is 5. The fraction of sp³-hybridized carbons (Fsp3) is 0.533. The Morgan fingerprint density at radius 2 is 2.04 bits per heavy atom. The summed E-state index contributed by atoms with van der Waals surface area (Å²) in [5, 5.41) is 11.9. The normalized spacial score (nSPS) is 16.9. The number of alkyl halides is 3. The maximum atomic E-state index is 12.2. The minimum absolute atomic E-state index is 0.0276. The SMILES string of the molecule is O=C(NCC1(C(=O)O)CCOCC1)c1ccnc(OCC(F)(F)F)c1. The molecule has 1 aromatic heterocycles. The van der Waals surface area contributed by atoms with Crippen molar-refractivity contribution in [1.82, 2.24) is 10.3 Å². The summed E-state index contributed by atoms with van der Waals surface area (Å²) in [5.74, 6) is -1.99. The average Bonchev–Trinajstić information content (AvgIpc) is 2.58. The van der Waals surface area contributed by atoms with E-state index in [1.54, 1.807) is 0 Å². The highest BCUT2D eigenvalue weighted by Gasteiger charge is 2.40. The number of carboxylic acid groups (broad SMARTS) is 1. The number of carboxylic acids is 1. The zero-order valence-electron chi connectivity index (χ0n) is 13.1. The molecule has 1 aromatic rings. The largest absolute Gasteiger partial charge is 0.481 e. The van der Waals surface area contributed by atoms with Gasteiger partial charge in [-0.25, -0.2) is 4.98 Å². The Hall–Kier alpha value is -2.36. The Morgan fingerprint density at radius 1 is 1.36 bits per heavy atom. The zero-order chi connectivity index (χ0) is 18.5. The van der Waals surface area contributed by atoms with Crippen LogP contribution in [0.2, 0.25) is 0 Å². The second-order valence-corrected chi connectivity index (χ2v) is 5.67. The number of halogens is 3. The molecule has 1 saturated heterocycles. The summed E-state index contributed by atoms with van der Waals surface area (Å²) in [6.07, 6.45) is -2.85. The lowest BCUT2D eigenvalue weighted by atomic mass is 9.80. The first-order valence-corrected chi connectivity index (χ1v) is 7.47. The molecule has 25 heavy (non-hydrogen) atoms. The van der Waals surface area contributed by atoms with Crippen LogP contribution in [-0.2, 0) is 9.53 Å². The molecular formula is C15H17F3N2O5. The third kappa shape index (κ3) is 5.31. The summed E-state index contributed by atoms with van der Waals surface area (Å²) in [5.41, 5.74) is -1.09. The van der Waals surface area contributed by atoms with Crippen molar-refractivity contribution in [3.63, 3.8) is 0 Å². The summed E-state index contributed by atoms with van der Waals surface area (Å²) < 4.78 is 46.1. The quantitative estimate of drug-likeness (QED) is 0.798. The van der Waals surface area contributed by atoms with Crippen LogP contribution in [0, 0.1) is 5.41 Å². The van der Waals surface area contributed by atoms with Gasteiger partial charge in [0.1, 0.15) is 0 Å². The van der Waals surface area contributed by atoms with Gasteiger partial charge in [0.25, 0.3) is 5.91 Å². The molecule has 1 fully saturated rings. The highest BCUT2D eigenvalue weighted by Crippen LogP contribution is 2.30. The molecule has 1 aliphatic heterocycles. The third-order valence-electron chi connectivity index (χ3n) is 3.87. The van der Waals surface area contributed by atoms with Crippen LogP contribution in [0.4, 0.5) is 13.2 Å². The molecular weight excluding hydrogens is 345 g/mol. The molecule has 0 unspecified atom stereocenters. The van der Waals surface area contributed by atoms with E-state index in [2.05, 4.69) is 15.0 Å². The lowest BCUT2D eigenvalue weighted by Crippen LogP contribution is -2.46. The van der Waals surface area contributed by atoms with Gasteiger partial charge in [0.15, 0.2) is 6.61 Å². The molecule has 10 heteroatoms. The molecule has 0 radical (unpaired) electrons. The summed E-state index contributed by atoms with van der Waals surface area (Å²) >= 11 is 0. The highest BCUT2D eigenvalue weighted by atomic mass is 19.4. The third-order valence-corrected chi connectivity index (χ3v) is 3.87. The molecule has 0 bridgehead atoms. The average molecular weight is 362 g/mol. The van der Waals surface area contributed by atoms with E-state index in [4.69, 9.17) is 4.74 Å². The van der Waals surface area contributed by atoms with E-state index in [9.17, 15) is 27.9 Å². The molecule has 0 atom stereocenters. The number of rotatable bonds is 6. The number of ether oxygens (including phenoxy) is 2. The monoisotopic (exact) mass is 362 g/mol. The van der Waals surface area contributed by atoms with Gasteiger partial charge in [-0.05, 0) is 18.9 Å². The molecule has 0 spiro atoms. The van der Waals surface area contributed by atoms with Crippen molar-refractivity contribution < 1.29 is 37.3 Å². The standard InChI is InChI=1S/C15H17F3N2O5/c16-15(17,18)9-25-11-7-10(1-4-19-11)12(21)20-8-14(13(22)23)2-5-24-6-3-14/h1,4,7H,2-3,5-6,8-9H2,(H,20,21)(H,22,23). The van der Waals surface area contributed by atoms with Crippen molar-refractivity contribution in [3.05, 3.63) is 23.9 Å². The first-order chi connectivity index (χ1) is 11.7. The number of nitrogens with one attached hydrogen (secondary N) is 1. The van der Waals surface area contributed by atoms with Gasteiger partial charge in [-0.1, -0.05) is 0 Å². The van der Waals surface area contributed by atoms with Gasteiger partial charge < -0.3 is 19.9 Å². The van der Waals surface area contributed by atoms with E-state index in [0.717, 1.165) is 12.3 Å². The first kappa shape index (κ1) is 19.0. The predicted molar refractivity (Wildman–Crippen MR) is 78.2 cm³/mol. The number of carbonyl (C=O) groups is 2. The Morgan fingerprint density at radius 3 is 2.64 bits per heavy atom. The molecule has 0 aromatic carbocycles. The molecule has 1 aliphatic rings. The number of amides is 1. The van der Waals surface area contributed by atoms with Gasteiger partial charge in [0, 0.05) is 37.6 Å². The lowest BCUT2D eigenvalue weighted by molar-refractivity contribution is -0.154. The molecule has 2 N–H and O–H groups in total. The smallest absolute Gasteiger partial charge is 0.422 e. The Balaban J connectivity index is 1.99. The zero-order valence-corrected chi connectivity index (χ0v) is 13.1. The molecule has 0 aliphatic carbocycles. The van der Waals surface area contributed by atoms with Gasteiger partial charge in [0.05, 0.1) is 5.41 Å². The Bertz CT molecular complexity index is 630. The summed E-state index contributed by atoms with van der Waals surface area (Å²) in [7, 11) is 0. The van der Waals surface area contributed by atoms with E-state index < -0.39 is 30.1 Å². The van der Waals surface area contributed by atoms with E-state index in [-0.39, 0.29) is 44.0 Å².